The summed E-state index contributed by atoms with van der Waals surface area (Å²) in [6.07, 6.45) is 1.68. The summed E-state index contributed by atoms with van der Waals surface area (Å²) in [6, 6.07) is 4.39. The summed E-state index contributed by atoms with van der Waals surface area (Å²) in [5.41, 5.74) is 7.97. The van der Waals surface area contributed by atoms with Gasteiger partial charge in [-0.05, 0) is 38.8 Å². The van der Waals surface area contributed by atoms with Gasteiger partial charge >= 0.3 is 0 Å². The normalized spacial score (nSPS) is 25.6. The standard InChI is InChI=1S/C13H19N3O/c1-9-3-4-11-10(2)16(8-7-15(9)11)12(17)13(14)5-6-13/h3-4,10H,5-8,14H2,1-2H3. The van der Waals surface area contributed by atoms with E-state index in [4.69, 9.17) is 5.73 Å². The van der Waals surface area contributed by atoms with Crippen molar-refractivity contribution in [3.05, 3.63) is 23.5 Å². The Labute approximate surface area is 101 Å². The van der Waals surface area contributed by atoms with Crippen molar-refractivity contribution >= 4 is 5.91 Å². The summed E-state index contributed by atoms with van der Waals surface area (Å²) in [7, 11) is 0. The van der Waals surface area contributed by atoms with Crippen molar-refractivity contribution < 1.29 is 4.79 Å². The van der Waals surface area contributed by atoms with Crippen molar-refractivity contribution in [2.24, 2.45) is 5.73 Å². The number of carbonyl (C=O) groups is 1. The van der Waals surface area contributed by atoms with Crippen LogP contribution in [-0.4, -0.2) is 27.5 Å². The molecule has 1 aromatic heterocycles. The summed E-state index contributed by atoms with van der Waals surface area (Å²) in [5, 5.41) is 0. The first-order chi connectivity index (χ1) is 8.03. The van der Waals surface area contributed by atoms with Crippen LogP contribution in [0.25, 0.3) is 0 Å². The lowest BCUT2D eigenvalue weighted by Gasteiger charge is -2.37. The lowest BCUT2D eigenvalue weighted by molar-refractivity contribution is -0.136. The molecule has 4 heteroatoms. The Balaban J connectivity index is 1.89. The van der Waals surface area contributed by atoms with Gasteiger partial charge in [-0.25, -0.2) is 0 Å². The van der Waals surface area contributed by atoms with Crippen LogP contribution in [0.4, 0.5) is 0 Å². The van der Waals surface area contributed by atoms with Crippen LogP contribution < -0.4 is 5.73 Å². The first kappa shape index (κ1) is 10.8. The molecule has 3 rings (SSSR count). The van der Waals surface area contributed by atoms with E-state index >= 15 is 0 Å². The molecule has 1 aliphatic heterocycles. The highest BCUT2D eigenvalue weighted by Crippen LogP contribution is 2.37. The molecular formula is C13H19N3O. The van der Waals surface area contributed by atoms with E-state index in [0.29, 0.717) is 0 Å². The topological polar surface area (TPSA) is 51.3 Å². The quantitative estimate of drug-likeness (QED) is 0.792. The third-order valence-electron chi connectivity index (χ3n) is 4.17. The zero-order chi connectivity index (χ0) is 12.2. The number of hydrogen-bond donors (Lipinski definition) is 1. The second-order valence-corrected chi connectivity index (χ2v) is 5.38. The van der Waals surface area contributed by atoms with E-state index in [1.54, 1.807) is 0 Å². The molecule has 1 aromatic rings. The van der Waals surface area contributed by atoms with Crippen LogP contribution in [0.2, 0.25) is 0 Å². The molecule has 1 unspecified atom stereocenters. The molecule has 0 spiro atoms. The number of carbonyl (C=O) groups excluding carboxylic acids is 1. The summed E-state index contributed by atoms with van der Waals surface area (Å²) < 4.78 is 2.30. The Hall–Kier alpha value is -1.29. The van der Waals surface area contributed by atoms with Gasteiger partial charge in [0.1, 0.15) is 0 Å². The lowest BCUT2D eigenvalue weighted by atomic mass is 10.1. The molecule has 4 nitrogen and oxygen atoms in total. The van der Waals surface area contributed by atoms with Crippen LogP contribution in [0.15, 0.2) is 12.1 Å². The smallest absolute Gasteiger partial charge is 0.243 e. The largest absolute Gasteiger partial charge is 0.345 e. The monoisotopic (exact) mass is 233 g/mol. The van der Waals surface area contributed by atoms with Gasteiger partial charge in [0.15, 0.2) is 0 Å². The van der Waals surface area contributed by atoms with Crippen molar-refractivity contribution in [3.63, 3.8) is 0 Å². The van der Waals surface area contributed by atoms with Crippen LogP contribution in [0.1, 0.15) is 37.2 Å². The minimum atomic E-state index is -0.544. The molecule has 2 N–H and O–H groups in total. The van der Waals surface area contributed by atoms with Crippen molar-refractivity contribution in [1.29, 1.82) is 0 Å². The lowest BCUT2D eigenvalue weighted by Crippen LogP contribution is -2.50. The summed E-state index contributed by atoms with van der Waals surface area (Å²) in [6.45, 7) is 5.87. The highest BCUT2D eigenvalue weighted by atomic mass is 16.2. The number of aryl methyl sites for hydroxylation is 1. The maximum atomic E-state index is 12.3. The van der Waals surface area contributed by atoms with Gasteiger partial charge in [0.2, 0.25) is 5.91 Å². The van der Waals surface area contributed by atoms with Crippen molar-refractivity contribution in [3.8, 4) is 0 Å². The van der Waals surface area contributed by atoms with Gasteiger partial charge in [0, 0.05) is 24.5 Å². The number of nitrogens with zero attached hydrogens (tertiary/aromatic N) is 2. The highest BCUT2D eigenvalue weighted by Gasteiger charge is 2.49. The van der Waals surface area contributed by atoms with Gasteiger partial charge < -0.3 is 15.2 Å². The average Bonchev–Trinajstić information content (AvgIpc) is 2.94. The third-order valence-corrected chi connectivity index (χ3v) is 4.17. The van der Waals surface area contributed by atoms with Gasteiger partial charge in [-0.3, -0.25) is 4.79 Å². The number of fused-ring (bicyclic) bond motifs is 1. The summed E-state index contributed by atoms with van der Waals surface area (Å²) in [4.78, 5) is 14.2. The number of nitrogens with two attached hydrogens (primary N) is 1. The SMILES string of the molecule is Cc1ccc2n1CCN(C(=O)C1(N)CC1)C2C. The van der Waals surface area contributed by atoms with E-state index in [9.17, 15) is 4.79 Å². The molecule has 0 radical (unpaired) electrons. The highest BCUT2D eigenvalue weighted by molar-refractivity contribution is 5.89. The second kappa shape index (κ2) is 3.35. The van der Waals surface area contributed by atoms with E-state index in [1.807, 2.05) is 4.90 Å². The molecule has 0 saturated heterocycles. The second-order valence-electron chi connectivity index (χ2n) is 5.38. The van der Waals surface area contributed by atoms with Gasteiger partial charge in [0.25, 0.3) is 0 Å². The average molecular weight is 233 g/mol. The van der Waals surface area contributed by atoms with E-state index in [2.05, 4.69) is 30.5 Å². The third kappa shape index (κ3) is 1.51. The Kier molecular flexibility index (Phi) is 2.14. The van der Waals surface area contributed by atoms with E-state index in [1.165, 1.54) is 11.4 Å². The molecule has 2 heterocycles. The summed E-state index contributed by atoms with van der Waals surface area (Å²) >= 11 is 0. The molecule has 0 bridgehead atoms. The van der Waals surface area contributed by atoms with Gasteiger partial charge in [0.05, 0.1) is 11.6 Å². The van der Waals surface area contributed by atoms with Crippen molar-refractivity contribution in [2.75, 3.05) is 6.54 Å². The molecule has 1 amide bonds. The molecule has 1 saturated carbocycles. The molecule has 0 aromatic carbocycles. The number of aromatic nitrogens is 1. The molecule has 17 heavy (non-hydrogen) atoms. The fourth-order valence-electron chi connectivity index (χ4n) is 2.73. The number of hydrogen-bond acceptors (Lipinski definition) is 2. The van der Waals surface area contributed by atoms with E-state index < -0.39 is 5.54 Å². The summed E-state index contributed by atoms with van der Waals surface area (Å²) in [5.74, 6) is 0.134. The molecule has 1 aliphatic carbocycles. The number of amides is 1. The van der Waals surface area contributed by atoms with Crippen LogP contribution in [0.3, 0.4) is 0 Å². The Morgan fingerprint density at radius 2 is 2.12 bits per heavy atom. The molecule has 1 fully saturated rings. The first-order valence-electron chi connectivity index (χ1n) is 6.29. The molecule has 1 atom stereocenters. The minimum absolute atomic E-state index is 0.134. The minimum Gasteiger partial charge on any atom is -0.345 e. The van der Waals surface area contributed by atoms with Crippen LogP contribution in [0.5, 0.6) is 0 Å². The fraction of sp³-hybridized carbons (Fsp3) is 0.615. The molecule has 2 aliphatic rings. The van der Waals surface area contributed by atoms with Crippen molar-refractivity contribution in [2.45, 2.75) is 44.8 Å². The van der Waals surface area contributed by atoms with Crippen molar-refractivity contribution in [1.82, 2.24) is 9.47 Å². The molecule has 92 valence electrons. The maximum absolute atomic E-state index is 12.3. The fourth-order valence-corrected chi connectivity index (χ4v) is 2.73. The van der Waals surface area contributed by atoms with Crippen LogP contribution in [-0.2, 0) is 11.3 Å². The van der Waals surface area contributed by atoms with E-state index in [0.717, 1.165) is 25.9 Å². The predicted octanol–water partition coefficient (Wildman–Crippen LogP) is 1.19. The Morgan fingerprint density at radius 3 is 2.76 bits per heavy atom. The Bertz CT molecular complexity index is 473. The van der Waals surface area contributed by atoms with Crippen LogP contribution >= 0.6 is 0 Å². The van der Waals surface area contributed by atoms with E-state index in [-0.39, 0.29) is 11.9 Å². The maximum Gasteiger partial charge on any atom is 0.243 e. The zero-order valence-corrected chi connectivity index (χ0v) is 10.4. The van der Waals surface area contributed by atoms with Gasteiger partial charge in [-0.15, -0.1) is 0 Å². The Morgan fingerprint density at radius 1 is 1.41 bits per heavy atom. The first-order valence-corrected chi connectivity index (χ1v) is 6.29. The van der Waals surface area contributed by atoms with Gasteiger partial charge in [-0.1, -0.05) is 0 Å². The van der Waals surface area contributed by atoms with Crippen LogP contribution in [0, 0.1) is 6.92 Å². The number of rotatable bonds is 1. The van der Waals surface area contributed by atoms with Gasteiger partial charge in [-0.2, -0.15) is 0 Å². The zero-order valence-electron chi connectivity index (χ0n) is 10.4. The molecular weight excluding hydrogens is 214 g/mol. The predicted molar refractivity (Wildman–Crippen MR) is 65.4 cm³/mol.